The largest absolute Gasteiger partial charge is 0.386 e. The normalized spacial score (nSPS) is 15.3. The summed E-state index contributed by atoms with van der Waals surface area (Å²) in [5.41, 5.74) is 0.582. The Morgan fingerprint density at radius 2 is 1.90 bits per heavy atom. The van der Waals surface area contributed by atoms with Gasteiger partial charge in [-0.2, -0.15) is 4.31 Å². The van der Waals surface area contributed by atoms with Gasteiger partial charge in [-0.05, 0) is 37.1 Å². The summed E-state index contributed by atoms with van der Waals surface area (Å²) >= 11 is 0. The number of oxime groups is 1. The van der Waals surface area contributed by atoms with Crippen LogP contribution in [0.2, 0.25) is 0 Å². The Morgan fingerprint density at radius 3 is 2.66 bits per heavy atom. The van der Waals surface area contributed by atoms with Crippen molar-refractivity contribution in [2.24, 2.45) is 5.16 Å². The summed E-state index contributed by atoms with van der Waals surface area (Å²) in [6.07, 6.45) is 3.90. The Balaban J connectivity index is 1.57. The van der Waals surface area contributed by atoms with Crippen molar-refractivity contribution in [3.63, 3.8) is 0 Å². The minimum absolute atomic E-state index is 0.135. The number of carbonyl (C=O) groups is 1. The van der Waals surface area contributed by atoms with Crippen molar-refractivity contribution in [3.8, 4) is 0 Å². The highest BCUT2D eigenvalue weighted by Gasteiger charge is 2.26. The van der Waals surface area contributed by atoms with E-state index in [4.69, 9.17) is 4.84 Å². The maximum atomic E-state index is 13.5. The van der Waals surface area contributed by atoms with Gasteiger partial charge in [0.2, 0.25) is 10.0 Å². The molecule has 1 aliphatic heterocycles. The van der Waals surface area contributed by atoms with Crippen molar-refractivity contribution in [2.45, 2.75) is 24.2 Å². The van der Waals surface area contributed by atoms with Crippen LogP contribution in [0, 0.1) is 5.82 Å². The van der Waals surface area contributed by atoms with Crippen LogP contribution >= 0.6 is 0 Å². The van der Waals surface area contributed by atoms with Crippen molar-refractivity contribution < 1.29 is 22.4 Å². The highest BCUT2D eigenvalue weighted by molar-refractivity contribution is 7.89. The molecule has 0 spiro atoms. The van der Waals surface area contributed by atoms with E-state index in [0.29, 0.717) is 18.8 Å². The number of benzene rings is 2. The lowest BCUT2D eigenvalue weighted by atomic mass is 10.2. The van der Waals surface area contributed by atoms with E-state index >= 15 is 0 Å². The average molecular weight is 419 g/mol. The van der Waals surface area contributed by atoms with Gasteiger partial charge in [0, 0.05) is 24.3 Å². The molecule has 3 rings (SSSR count). The first-order chi connectivity index (χ1) is 14.0. The number of halogens is 1. The molecule has 0 bridgehead atoms. The van der Waals surface area contributed by atoms with Crippen molar-refractivity contribution in [1.82, 2.24) is 4.31 Å². The number of rotatable bonds is 7. The number of nitrogens with one attached hydrogen (secondary N) is 1. The Bertz CT molecular complexity index is 989. The topological polar surface area (TPSA) is 88.1 Å². The Morgan fingerprint density at radius 1 is 1.14 bits per heavy atom. The highest BCUT2D eigenvalue weighted by Crippen LogP contribution is 2.22. The predicted octanol–water partition coefficient (Wildman–Crippen LogP) is 2.99. The summed E-state index contributed by atoms with van der Waals surface area (Å²) in [6, 6.07) is 12.1. The number of carbonyl (C=O) groups excluding carboxylic acids is 1. The first-order valence-corrected chi connectivity index (χ1v) is 10.7. The van der Waals surface area contributed by atoms with Crippen LogP contribution in [0.4, 0.5) is 10.1 Å². The Hall–Kier alpha value is -2.78. The highest BCUT2D eigenvalue weighted by atomic mass is 32.2. The molecule has 29 heavy (non-hydrogen) atoms. The first kappa shape index (κ1) is 20.9. The van der Waals surface area contributed by atoms with E-state index in [1.165, 1.54) is 34.8 Å². The SMILES string of the molecule is O=C(CO/N=C\c1ccccc1F)Nc1cccc(S(=O)(=O)N2CCCCC2)c1. The zero-order valence-electron chi connectivity index (χ0n) is 15.8. The molecule has 2 aromatic rings. The van der Waals surface area contributed by atoms with Gasteiger partial charge >= 0.3 is 0 Å². The molecule has 1 fully saturated rings. The molecule has 2 aromatic carbocycles. The Labute approximate surface area is 169 Å². The van der Waals surface area contributed by atoms with Gasteiger partial charge < -0.3 is 10.2 Å². The molecule has 1 saturated heterocycles. The minimum atomic E-state index is -3.58. The second-order valence-corrected chi connectivity index (χ2v) is 8.51. The molecule has 0 aliphatic carbocycles. The molecular weight excluding hydrogens is 397 g/mol. The van der Waals surface area contributed by atoms with E-state index in [-0.39, 0.29) is 10.5 Å². The fraction of sp³-hybridized carbons (Fsp3) is 0.300. The molecule has 1 amide bonds. The summed E-state index contributed by atoms with van der Waals surface area (Å²) in [7, 11) is -3.58. The van der Waals surface area contributed by atoms with E-state index < -0.39 is 28.4 Å². The summed E-state index contributed by atoms with van der Waals surface area (Å²) in [6.45, 7) is 0.619. The number of nitrogens with zero attached hydrogens (tertiary/aromatic N) is 2. The first-order valence-electron chi connectivity index (χ1n) is 9.27. The fourth-order valence-electron chi connectivity index (χ4n) is 2.96. The molecule has 0 aromatic heterocycles. The van der Waals surface area contributed by atoms with E-state index in [2.05, 4.69) is 10.5 Å². The lowest BCUT2D eigenvalue weighted by Gasteiger charge is -2.26. The van der Waals surface area contributed by atoms with Crippen molar-refractivity contribution in [1.29, 1.82) is 0 Å². The minimum Gasteiger partial charge on any atom is -0.386 e. The molecule has 0 atom stereocenters. The van der Waals surface area contributed by atoms with Gasteiger partial charge in [-0.3, -0.25) is 4.79 Å². The average Bonchev–Trinajstić information content (AvgIpc) is 2.73. The van der Waals surface area contributed by atoms with Crippen LogP contribution in [0.25, 0.3) is 0 Å². The summed E-state index contributed by atoms with van der Waals surface area (Å²) in [5, 5.41) is 6.15. The van der Waals surface area contributed by atoms with Crippen molar-refractivity contribution >= 4 is 27.8 Å². The van der Waals surface area contributed by atoms with Gasteiger partial charge in [-0.25, -0.2) is 12.8 Å². The van der Waals surface area contributed by atoms with E-state index in [9.17, 15) is 17.6 Å². The molecule has 154 valence electrons. The zero-order chi connectivity index (χ0) is 20.7. The number of amides is 1. The maximum Gasteiger partial charge on any atom is 0.265 e. The van der Waals surface area contributed by atoms with Gasteiger partial charge in [0.25, 0.3) is 5.91 Å². The third-order valence-corrected chi connectivity index (χ3v) is 6.33. The molecular formula is C20H22FN3O4S. The molecule has 0 saturated carbocycles. The quantitative estimate of drug-likeness (QED) is 0.552. The van der Waals surface area contributed by atoms with E-state index in [0.717, 1.165) is 19.3 Å². The second kappa shape index (κ2) is 9.62. The smallest absolute Gasteiger partial charge is 0.265 e. The van der Waals surface area contributed by atoms with Gasteiger partial charge in [-0.1, -0.05) is 35.8 Å². The molecule has 0 unspecified atom stereocenters. The number of piperidine rings is 1. The fourth-order valence-corrected chi connectivity index (χ4v) is 4.52. The van der Waals surface area contributed by atoms with Crippen LogP contribution in [0.3, 0.4) is 0 Å². The molecule has 9 heteroatoms. The monoisotopic (exact) mass is 419 g/mol. The number of hydrogen-bond acceptors (Lipinski definition) is 5. The van der Waals surface area contributed by atoms with Gasteiger partial charge in [-0.15, -0.1) is 0 Å². The van der Waals surface area contributed by atoms with Gasteiger partial charge in [0.1, 0.15) is 5.82 Å². The van der Waals surface area contributed by atoms with Crippen LogP contribution in [0.15, 0.2) is 58.6 Å². The van der Waals surface area contributed by atoms with Crippen molar-refractivity contribution in [2.75, 3.05) is 25.0 Å². The number of sulfonamides is 1. The van der Waals surface area contributed by atoms with Crippen LogP contribution < -0.4 is 5.32 Å². The molecule has 1 aliphatic rings. The van der Waals surface area contributed by atoms with Crippen molar-refractivity contribution in [3.05, 3.63) is 59.9 Å². The number of hydrogen-bond donors (Lipinski definition) is 1. The van der Waals surface area contributed by atoms with Crippen LogP contribution in [0.5, 0.6) is 0 Å². The van der Waals surface area contributed by atoms with Gasteiger partial charge in [0.05, 0.1) is 11.1 Å². The molecule has 1 N–H and O–H groups in total. The second-order valence-electron chi connectivity index (χ2n) is 6.57. The summed E-state index contributed by atoms with van der Waals surface area (Å²) in [5.74, 6) is -0.959. The molecule has 7 nitrogen and oxygen atoms in total. The molecule has 1 heterocycles. The molecule has 0 radical (unpaired) electrons. The lowest BCUT2D eigenvalue weighted by Crippen LogP contribution is -2.35. The zero-order valence-corrected chi connectivity index (χ0v) is 16.6. The lowest BCUT2D eigenvalue weighted by molar-refractivity contribution is -0.120. The summed E-state index contributed by atoms with van der Waals surface area (Å²) in [4.78, 5) is 17.0. The summed E-state index contributed by atoms with van der Waals surface area (Å²) < 4.78 is 40.4. The number of anilines is 1. The third-order valence-electron chi connectivity index (χ3n) is 4.44. The standard InChI is InChI=1S/C20H22FN3O4S/c21-19-10-3-2-7-16(19)14-22-28-15-20(25)23-17-8-6-9-18(13-17)29(26,27)24-11-4-1-5-12-24/h2-3,6-10,13-14H,1,4-5,11-12,15H2,(H,23,25)/b22-14-. The van der Waals surface area contributed by atoms with Crippen LogP contribution in [0.1, 0.15) is 24.8 Å². The van der Waals surface area contributed by atoms with Crippen LogP contribution in [-0.4, -0.2) is 44.5 Å². The van der Waals surface area contributed by atoms with Gasteiger partial charge in [0.15, 0.2) is 6.61 Å². The van der Waals surface area contributed by atoms with E-state index in [1.54, 1.807) is 24.3 Å². The maximum absolute atomic E-state index is 13.5. The Kier molecular flexibility index (Phi) is 6.95. The van der Waals surface area contributed by atoms with E-state index in [1.807, 2.05) is 0 Å². The predicted molar refractivity (Wildman–Crippen MR) is 108 cm³/mol. The third kappa shape index (κ3) is 5.61. The van der Waals surface area contributed by atoms with Crippen LogP contribution in [-0.2, 0) is 19.7 Å².